The summed E-state index contributed by atoms with van der Waals surface area (Å²) in [7, 11) is 1.37. The first-order valence-electron chi connectivity index (χ1n) is 7.00. The standard InChI is InChI=1S/C16H21NO3/c1-11-8-12(2)10-13(9-11)15(18)17-7-5-4-6-14(17)16(19)20-3/h8-10,14H,4-7H2,1-3H3/t14-/m1/s1. The van der Waals surface area contributed by atoms with Crippen LogP contribution in [0.15, 0.2) is 18.2 Å². The van der Waals surface area contributed by atoms with E-state index < -0.39 is 6.04 Å². The van der Waals surface area contributed by atoms with Crippen molar-refractivity contribution >= 4 is 11.9 Å². The molecule has 0 bridgehead atoms. The molecule has 0 spiro atoms. The second-order valence-electron chi connectivity index (χ2n) is 5.41. The third kappa shape index (κ3) is 3.00. The molecule has 1 aliphatic rings. The molecule has 0 unspecified atom stereocenters. The predicted molar refractivity (Wildman–Crippen MR) is 76.6 cm³/mol. The highest BCUT2D eigenvalue weighted by molar-refractivity contribution is 5.97. The van der Waals surface area contributed by atoms with Crippen LogP contribution in [0.3, 0.4) is 0 Å². The van der Waals surface area contributed by atoms with Crippen LogP contribution in [0, 0.1) is 13.8 Å². The number of nitrogens with zero attached hydrogens (tertiary/aromatic N) is 1. The first-order chi connectivity index (χ1) is 9.52. The quantitative estimate of drug-likeness (QED) is 0.779. The summed E-state index contributed by atoms with van der Waals surface area (Å²) in [6, 6.07) is 5.34. The number of rotatable bonds is 2. The van der Waals surface area contributed by atoms with Crippen molar-refractivity contribution in [2.45, 2.75) is 39.2 Å². The Bertz CT molecular complexity index is 504. The average molecular weight is 275 g/mol. The highest BCUT2D eigenvalue weighted by Crippen LogP contribution is 2.21. The molecule has 0 aromatic heterocycles. The van der Waals surface area contributed by atoms with E-state index >= 15 is 0 Å². The monoisotopic (exact) mass is 275 g/mol. The van der Waals surface area contributed by atoms with Crippen LogP contribution in [-0.2, 0) is 9.53 Å². The zero-order valence-electron chi connectivity index (χ0n) is 12.3. The number of piperidine rings is 1. The van der Waals surface area contributed by atoms with E-state index in [9.17, 15) is 9.59 Å². The molecule has 2 rings (SSSR count). The molecule has 1 aliphatic heterocycles. The molecule has 20 heavy (non-hydrogen) atoms. The van der Waals surface area contributed by atoms with Gasteiger partial charge in [-0.2, -0.15) is 0 Å². The molecule has 0 radical (unpaired) electrons. The van der Waals surface area contributed by atoms with Crippen LogP contribution in [0.5, 0.6) is 0 Å². The summed E-state index contributed by atoms with van der Waals surface area (Å²) in [4.78, 5) is 26.1. The van der Waals surface area contributed by atoms with Gasteiger partial charge in [0.15, 0.2) is 0 Å². The minimum Gasteiger partial charge on any atom is -0.467 e. The van der Waals surface area contributed by atoms with Gasteiger partial charge in [0.05, 0.1) is 7.11 Å². The molecule has 1 saturated heterocycles. The normalized spacial score (nSPS) is 18.8. The molecule has 1 aromatic rings. The number of aryl methyl sites for hydroxylation is 2. The zero-order valence-corrected chi connectivity index (χ0v) is 12.3. The van der Waals surface area contributed by atoms with Crippen LogP contribution in [-0.4, -0.2) is 36.5 Å². The lowest BCUT2D eigenvalue weighted by Gasteiger charge is -2.33. The van der Waals surface area contributed by atoms with Crippen molar-refractivity contribution in [3.63, 3.8) is 0 Å². The Morgan fingerprint density at radius 3 is 2.40 bits per heavy atom. The molecule has 4 nitrogen and oxygen atoms in total. The van der Waals surface area contributed by atoms with Gasteiger partial charge < -0.3 is 9.64 Å². The number of benzene rings is 1. The van der Waals surface area contributed by atoms with Gasteiger partial charge in [-0.3, -0.25) is 4.79 Å². The van der Waals surface area contributed by atoms with Crippen molar-refractivity contribution in [3.05, 3.63) is 34.9 Å². The van der Waals surface area contributed by atoms with E-state index in [1.807, 2.05) is 32.0 Å². The number of likely N-dealkylation sites (tertiary alicyclic amines) is 1. The fourth-order valence-corrected chi connectivity index (χ4v) is 2.82. The number of hydrogen-bond donors (Lipinski definition) is 0. The fraction of sp³-hybridized carbons (Fsp3) is 0.500. The van der Waals surface area contributed by atoms with E-state index in [1.165, 1.54) is 7.11 Å². The molecule has 1 aromatic carbocycles. The number of methoxy groups -OCH3 is 1. The second-order valence-corrected chi connectivity index (χ2v) is 5.41. The summed E-state index contributed by atoms with van der Waals surface area (Å²) in [5.41, 5.74) is 2.76. The summed E-state index contributed by atoms with van der Waals surface area (Å²) < 4.78 is 4.82. The Morgan fingerprint density at radius 1 is 1.15 bits per heavy atom. The van der Waals surface area contributed by atoms with Crippen molar-refractivity contribution in [2.75, 3.05) is 13.7 Å². The average Bonchev–Trinajstić information content (AvgIpc) is 2.44. The van der Waals surface area contributed by atoms with Gasteiger partial charge >= 0.3 is 5.97 Å². The van der Waals surface area contributed by atoms with Crippen LogP contribution < -0.4 is 0 Å². The highest BCUT2D eigenvalue weighted by Gasteiger charge is 2.33. The van der Waals surface area contributed by atoms with E-state index in [2.05, 4.69) is 0 Å². The Balaban J connectivity index is 2.27. The predicted octanol–water partition coefficient (Wildman–Crippen LogP) is 2.47. The molecule has 1 heterocycles. The number of hydrogen-bond acceptors (Lipinski definition) is 3. The van der Waals surface area contributed by atoms with Crippen molar-refractivity contribution in [2.24, 2.45) is 0 Å². The maximum Gasteiger partial charge on any atom is 0.328 e. The van der Waals surface area contributed by atoms with E-state index in [0.29, 0.717) is 18.5 Å². The SMILES string of the molecule is COC(=O)[C@H]1CCCCN1C(=O)c1cc(C)cc(C)c1. The Labute approximate surface area is 119 Å². The summed E-state index contributed by atoms with van der Waals surface area (Å²) >= 11 is 0. The molecule has 108 valence electrons. The van der Waals surface area contributed by atoms with Gasteiger partial charge in [-0.15, -0.1) is 0 Å². The van der Waals surface area contributed by atoms with E-state index in [4.69, 9.17) is 4.74 Å². The first kappa shape index (κ1) is 14.6. The van der Waals surface area contributed by atoms with Gasteiger partial charge in [0.1, 0.15) is 6.04 Å². The summed E-state index contributed by atoms with van der Waals surface area (Å²) in [6.07, 6.45) is 2.57. The number of carbonyl (C=O) groups excluding carboxylic acids is 2. The Kier molecular flexibility index (Phi) is 4.42. The summed E-state index contributed by atoms with van der Waals surface area (Å²) in [6.45, 7) is 4.56. The largest absolute Gasteiger partial charge is 0.467 e. The minimum absolute atomic E-state index is 0.0769. The maximum atomic E-state index is 12.7. The van der Waals surface area contributed by atoms with Crippen LogP contribution in [0.25, 0.3) is 0 Å². The molecule has 0 N–H and O–H groups in total. The number of ether oxygens (including phenoxy) is 1. The topological polar surface area (TPSA) is 46.6 Å². The van der Waals surface area contributed by atoms with Gasteiger partial charge in [0.2, 0.25) is 0 Å². The van der Waals surface area contributed by atoms with Gasteiger partial charge in [0, 0.05) is 12.1 Å². The molecule has 1 fully saturated rings. The lowest BCUT2D eigenvalue weighted by atomic mass is 9.99. The molecule has 0 aliphatic carbocycles. The Morgan fingerprint density at radius 2 is 1.80 bits per heavy atom. The van der Waals surface area contributed by atoms with E-state index in [0.717, 1.165) is 24.0 Å². The minimum atomic E-state index is -0.443. The van der Waals surface area contributed by atoms with Crippen molar-refractivity contribution in [1.82, 2.24) is 4.90 Å². The van der Waals surface area contributed by atoms with Crippen LogP contribution in [0.2, 0.25) is 0 Å². The lowest BCUT2D eigenvalue weighted by molar-refractivity contribution is -0.147. The van der Waals surface area contributed by atoms with Crippen LogP contribution >= 0.6 is 0 Å². The number of amides is 1. The van der Waals surface area contributed by atoms with Crippen molar-refractivity contribution in [3.8, 4) is 0 Å². The van der Waals surface area contributed by atoms with E-state index in [1.54, 1.807) is 4.90 Å². The van der Waals surface area contributed by atoms with Gasteiger partial charge in [0.25, 0.3) is 5.91 Å². The molecule has 1 amide bonds. The second kappa shape index (κ2) is 6.07. The van der Waals surface area contributed by atoms with Crippen molar-refractivity contribution < 1.29 is 14.3 Å². The van der Waals surface area contributed by atoms with E-state index in [-0.39, 0.29) is 11.9 Å². The van der Waals surface area contributed by atoms with Crippen molar-refractivity contribution in [1.29, 1.82) is 0 Å². The molecule has 1 atom stereocenters. The lowest BCUT2D eigenvalue weighted by Crippen LogP contribution is -2.48. The van der Waals surface area contributed by atoms with Crippen LogP contribution in [0.4, 0.5) is 0 Å². The molecule has 0 saturated carbocycles. The number of esters is 1. The van der Waals surface area contributed by atoms with Gasteiger partial charge in [-0.25, -0.2) is 4.79 Å². The summed E-state index contributed by atoms with van der Waals surface area (Å²) in [5, 5.41) is 0. The molecular weight excluding hydrogens is 254 g/mol. The molecule has 4 heteroatoms. The maximum absolute atomic E-state index is 12.7. The first-order valence-corrected chi connectivity index (χ1v) is 7.00. The highest BCUT2D eigenvalue weighted by atomic mass is 16.5. The zero-order chi connectivity index (χ0) is 14.7. The third-order valence-corrected chi connectivity index (χ3v) is 3.71. The summed E-state index contributed by atoms with van der Waals surface area (Å²) in [5.74, 6) is -0.394. The smallest absolute Gasteiger partial charge is 0.328 e. The van der Waals surface area contributed by atoms with Gasteiger partial charge in [-0.05, 0) is 45.2 Å². The fourth-order valence-electron chi connectivity index (χ4n) is 2.82. The van der Waals surface area contributed by atoms with Gasteiger partial charge in [-0.1, -0.05) is 17.2 Å². The Hall–Kier alpha value is -1.84. The number of carbonyl (C=O) groups is 2. The molecular formula is C16H21NO3. The van der Waals surface area contributed by atoms with Crippen LogP contribution in [0.1, 0.15) is 40.7 Å². The third-order valence-electron chi connectivity index (χ3n) is 3.71.